The van der Waals surface area contributed by atoms with Crippen molar-refractivity contribution < 1.29 is 9.53 Å². The molecule has 0 unspecified atom stereocenters. The van der Waals surface area contributed by atoms with Crippen LogP contribution in [0, 0.1) is 0 Å². The van der Waals surface area contributed by atoms with Gasteiger partial charge in [0.15, 0.2) is 5.78 Å². The minimum atomic E-state index is 0.171. The van der Waals surface area contributed by atoms with E-state index in [1.807, 2.05) is 23.8 Å². The van der Waals surface area contributed by atoms with Crippen molar-refractivity contribution in [3.63, 3.8) is 0 Å². The standard InChI is InChI=1S/C9H12O2S/c1-2-11-5-3-9(10)8-4-6-12-7-8/h4,6-7H,2-3,5H2,1H3. The van der Waals surface area contributed by atoms with Crippen molar-refractivity contribution >= 4 is 17.1 Å². The summed E-state index contributed by atoms with van der Waals surface area (Å²) in [5.41, 5.74) is 0.805. The Hall–Kier alpha value is -0.670. The van der Waals surface area contributed by atoms with E-state index in [9.17, 15) is 4.79 Å². The van der Waals surface area contributed by atoms with Gasteiger partial charge in [0.25, 0.3) is 0 Å². The highest BCUT2D eigenvalue weighted by molar-refractivity contribution is 7.08. The topological polar surface area (TPSA) is 26.3 Å². The molecular formula is C9H12O2S. The van der Waals surface area contributed by atoms with Crippen molar-refractivity contribution in [2.24, 2.45) is 0 Å². The maximum Gasteiger partial charge on any atom is 0.166 e. The number of hydrogen-bond donors (Lipinski definition) is 0. The fraction of sp³-hybridized carbons (Fsp3) is 0.444. The lowest BCUT2D eigenvalue weighted by atomic mass is 10.2. The molecule has 66 valence electrons. The molecule has 0 aliphatic heterocycles. The van der Waals surface area contributed by atoms with Crippen LogP contribution >= 0.6 is 11.3 Å². The van der Waals surface area contributed by atoms with Gasteiger partial charge in [-0.05, 0) is 18.4 Å². The fourth-order valence-corrected chi connectivity index (χ4v) is 1.54. The quantitative estimate of drug-likeness (QED) is 0.518. The van der Waals surface area contributed by atoms with Gasteiger partial charge in [-0.1, -0.05) is 0 Å². The number of rotatable bonds is 5. The monoisotopic (exact) mass is 184 g/mol. The number of Topliss-reactive ketones (excluding diaryl/α,β-unsaturated/α-hetero) is 1. The molecular weight excluding hydrogens is 172 g/mol. The molecule has 1 aromatic rings. The summed E-state index contributed by atoms with van der Waals surface area (Å²) in [6, 6.07) is 1.85. The van der Waals surface area contributed by atoms with E-state index in [0.29, 0.717) is 19.6 Å². The zero-order valence-corrected chi connectivity index (χ0v) is 7.89. The van der Waals surface area contributed by atoms with E-state index in [1.54, 1.807) is 11.3 Å². The Morgan fingerprint density at radius 1 is 1.67 bits per heavy atom. The number of ether oxygens (including phenoxy) is 1. The molecule has 12 heavy (non-hydrogen) atoms. The molecule has 1 heterocycles. The highest BCUT2D eigenvalue weighted by Gasteiger charge is 2.04. The predicted molar refractivity (Wildman–Crippen MR) is 49.8 cm³/mol. The molecule has 2 nitrogen and oxygen atoms in total. The van der Waals surface area contributed by atoms with E-state index in [0.717, 1.165) is 5.56 Å². The van der Waals surface area contributed by atoms with Crippen LogP contribution < -0.4 is 0 Å². The summed E-state index contributed by atoms with van der Waals surface area (Å²) >= 11 is 1.55. The normalized spacial score (nSPS) is 10.1. The van der Waals surface area contributed by atoms with Gasteiger partial charge in [0.1, 0.15) is 0 Å². The summed E-state index contributed by atoms with van der Waals surface area (Å²) in [6.45, 7) is 3.14. The Morgan fingerprint density at radius 3 is 3.08 bits per heavy atom. The molecule has 0 radical (unpaired) electrons. The molecule has 0 bridgehead atoms. The van der Waals surface area contributed by atoms with E-state index >= 15 is 0 Å². The van der Waals surface area contributed by atoms with Crippen LogP contribution in [0.15, 0.2) is 16.8 Å². The van der Waals surface area contributed by atoms with Gasteiger partial charge in [0, 0.05) is 24.0 Å². The second-order valence-corrected chi connectivity index (χ2v) is 3.16. The summed E-state index contributed by atoms with van der Waals surface area (Å²) < 4.78 is 5.08. The lowest BCUT2D eigenvalue weighted by Crippen LogP contribution is -2.03. The van der Waals surface area contributed by atoms with Crippen molar-refractivity contribution in [2.75, 3.05) is 13.2 Å². The Bertz CT molecular complexity index is 229. The minimum Gasteiger partial charge on any atom is -0.381 e. The average molecular weight is 184 g/mol. The summed E-state index contributed by atoms with van der Waals surface area (Å²) in [4.78, 5) is 11.3. The van der Waals surface area contributed by atoms with Gasteiger partial charge < -0.3 is 4.74 Å². The Balaban J connectivity index is 2.30. The van der Waals surface area contributed by atoms with Crippen LogP contribution in [0.25, 0.3) is 0 Å². The minimum absolute atomic E-state index is 0.171. The third kappa shape index (κ3) is 2.75. The highest BCUT2D eigenvalue weighted by atomic mass is 32.1. The Labute approximate surface area is 76.2 Å². The molecule has 0 saturated heterocycles. The number of carbonyl (C=O) groups excluding carboxylic acids is 1. The highest BCUT2D eigenvalue weighted by Crippen LogP contribution is 2.08. The van der Waals surface area contributed by atoms with Gasteiger partial charge in [0.2, 0.25) is 0 Å². The van der Waals surface area contributed by atoms with Crippen LogP contribution in [0.4, 0.5) is 0 Å². The van der Waals surface area contributed by atoms with Crippen molar-refractivity contribution in [1.82, 2.24) is 0 Å². The van der Waals surface area contributed by atoms with E-state index in [2.05, 4.69) is 0 Å². The van der Waals surface area contributed by atoms with E-state index < -0.39 is 0 Å². The molecule has 0 aliphatic rings. The fourth-order valence-electron chi connectivity index (χ4n) is 0.877. The van der Waals surface area contributed by atoms with Crippen LogP contribution in [0.2, 0.25) is 0 Å². The van der Waals surface area contributed by atoms with E-state index in [4.69, 9.17) is 4.74 Å². The summed E-state index contributed by atoms with van der Waals surface area (Å²) in [6.07, 6.45) is 0.491. The number of thiophene rings is 1. The molecule has 0 aromatic carbocycles. The molecule has 0 saturated carbocycles. The van der Waals surface area contributed by atoms with Gasteiger partial charge in [0.05, 0.1) is 6.61 Å². The number of ketones is 1. The van der Waals surface area contributed by atoms with Crippen LogP contribution in [-0.4, -0.2) is 19.0 Å². The first kappa shape index (κ1) is 9.42. The van der Waals surface area contributed by atoms with Gasteiger partial charge >= 0.3 is 0 Å². The maximum atomic E-state index is 11.3. The van der Waals surface area contributed by atoms with E-state index in [1.165, 1.54) is 0 Å². The molecule has 0 aliphatic carbocycles. The number of hydrogen-bond acceptors (Lipinski definition) is 3. The molecule has 0 spiro atoms. The largest absolute Gasteiger partial charge is 0.381 e. The summed E-state index contributed by atoms with van der Waals surface area (Å²) in [5.74, 6) is 0.171. The zero-order chi connectivity index (χ0) is 8.81. The lowest BCUT2D eigenvalue weighted by molar-refractivity contribution is 0.0896. The maximum absolute atomic E-state index is 11.3. The van der Waals surface area contributed by atoms with Crippen molar-refractivity contribution in [1.29, 1.82) is 0 Å². The van der Waals surface area contributed by atoms with Crippen molar-refractivity contribution in [2.45, 2.75) is 13.3 Å². The first-order valence-corrected chi connectivity index (χ1v) is 4.92. The Kier molecular flexibility index (Phi) is 3.97. The van der Waals surface area contributed by atoms with Crippen LogP contribution in [0.1, 0.15) is 23.7 Å². The first-order valence-electron chi connectivity index (χ1n) is 3.97. The molecule has 0 atom stereocenters. The van der Waals surface area contributed by atoms with Gasteiger partial charge in [-0.3, -0.25) is 4.79 Å². The van der Waals surface area contributed by atoms with E-state index in [-0.39, 0.29) is 5.78 Å². The summed E-state index contributed by atoms with van der Waals surface area (Å²) in [7, 11) is 0. The number of carbonyl (C=O) groups is 1. The average Bonchev–Trinajstić information content (AvgIpc) is 2.56. The molecule has 1 rings (SSSR count). The summed E-state index contributed by atoms with van der Waals surface area (Å²) in [5, 5.41) is 3.78. The molecule has 3 heteroatoms. The van der Waals surface area contributed by atoms with Crippen LogP contribution in [0.3, 0.4) is 0 Å². The van der Waals surface area contributed by atoms with Gasteiger partial charge in [-0.2, -0.15) is 11.3 Å². The van der Waals surface area contributed by atoms with Crippen molar-refractivity contribution in [3.05, 3.63) is 22.4 Å². The lowest BCUT2D eigenvalue weighted by Gasteiger charge is -1.98. The van der Waals surface area contributed by atoms with Crippen molar-refractivity contribution in [3.8, 4) is 0 Å². The van der Waals surface area contributed by atoms with Gasteiger partial charge in [-0.25, -0.2) is 0 Å². The smallest absolute Gasteiger partial charge is 0.166 e. The predicted octanol–water partition coefficient (Wildman–Crippen LogP) is 2.36. The molecule has 0 N–H and O–H groups in total. The third-order valence-electron chi connectivity index (χ3n) is 1.52. The molecule has 0 amide bonds. The SMILES string of the molecule is CCOCCC(=O)c1ccsc1. The second-order valence-electron chi connectivity index (χ2n) is 2.38. The Morgan fingerprint density at radius 2 is 2.50 bits per heavy atom. The third-order valence-corrected chi connectivity index (χ3v) is 2.20. The van der Waals surface area contributed by atoms with Crippen LogP contribution in [0.5, 0.6) is 0 Å². The second kappa shape index (κ2) is 5.06. The first-order chi connectivity index (χ1) is 5.84. The van der Waals surface area contributed by atoms with Gasteiger partial charge in [-0.15, -0.1) is 0 Å². The molecule has 1 aromatic heterocycles. The zero-order valence-electron chi connectivity index (χ0n) is 7.08. The van der Waals surface area contributed by atoms with Crippen LogP contribution in [-0.2, 0) is 4.74 Å². The molecule has 0 fully saturated rings.